The molecule has 1 unspecified atom stereocenters. The number of benzene rings is 1. The lowest BCUT2D eigenvalue weighted by molar-refractivity contribution is 0.0421. The predicted molar refractivity (Wildman–Crippen MR) is 79.1 cm³/mol. The van der Waals surface area contributed by atoms with Crippen molar-refractivity contribution in [2.24, 2.45) is 0 Å². The van der Waals surface area contributed by atoms with E-state index in [0.29, 0.717) is 13.2 Å². The summed E-state index contributed by atoms with van der Waals surface area (Å²) in [7, 11) is 0. The number of halogens is 1. The number of rotatable bonds is 8. The van der Waals surface area contributed by atoms with Gasteiger partial charge < -0.3 is 15.2 Å². The first kappa shape index (κ1) is 15.5. The average Bonchev–Trinajstić information content (AvgIpc) is 2.36. The molecule has 0 bridgehead atoms. The highest BCUT2D eigenvalue weighted by Gasteiger charge is 2.05. The molecule has 4 heteroatoms. The molecule has 0 spiro atoms. The predicted octanol–water partition coefficient (Wildman–Crippen LogP) is 3.35. The summed E-state index contributed by atoms with van der Waals surface area (Å²) in [5, 5.41) is 13.0. The maximum atomic E-state index is 9.77. The van der Waals surface area contributed by atoms with Crippen LogP contribution >= 0.6 is 15.9 Å². The van der Waals surface area contributed by atoms with Gasteiger partial charge >= 0.3 is 0 Å². The van der Waals surface area contributed by atoms with Gasteiger partial charge in [0.2, 0.25) is 0 Å². The van der Waals surface area contributed by atoms with Crippen LogP contribution in [0.3, 0.4) is 0 Å². The van der Waals surface area contributed by atoms with Crippen LogP contribution in [0.15, 0.2) is 22.7 Å². The molecule has 0 saturated carbocycles. The lowest BCUT2D eigenvalue weighted by Crippen LogP contribution is -2.25. The molecular formula is C14H22BrNO2. The lowest BCUT2D eigenvalue weighted by Gasteiger charge is -2.14. The Morgan fingerprint density at radius 2 is 2.22 bits per heavy atom. The number of aryl methyl sites for hydroxylation is 1. The first-order valence-corrected chi connectivity index (χ1v) is 7.18. The quantitative estimate of drug-likeness (QED) is 0.723. The Hall–Kier alpha value is -0.580. The molecule has 0 saturated heterocycles. The van der Waals surface area contributed by atoms with E-state index in [1.807, 2.05) is 19.1 Å². The molecule has 0 fully saturated rings. The van der Waals surface area contributed by atoms with E-state index in [1.54, 1.807) is 0 Å². The van der Waals surface area contributed by atoms with Crippen LogP contribution in [0.2, 0.25) is 0 Å². The molecule has 0 amide bonds. The maximum Gasteiger partial charge on any atom is 0.0945 e. The minimum atomic E-state index is -0.478. The zero-order valence-electron chi connectivity index (χ0n) is 11.1. The van der Waals surface area contributed by atoms with Gasteiger partial charge in [-0.2, -0.15) is 0 Å². The minimum Gasteiger partial charge on any atom is -0.389 e. The van der Waals surface area contributed by atoms with Gasteiger partial charge in [0.15, 0.2) is 0 Å². The van der Waals surface area contributed by atoms with Crippen LogP contribution in [0.25, 0.3) is 0 Å². The Balaban J connectivity index is 2.29. The van der Waals surface area contributed by atoms with E-state index >= 15 is 0 Å². The van der Waals surface area contributed by atoms with Gasteiger partial charge in [0.25, 0.3) is 0 Å². The number of nitrogens with one attached hydrogen (secondary N) is 1. The van der Waals surface area contributed by atoms with Gasteiger partial charge in [-0.05, 0) is 47.0 Å². The van der Waals surface area contributed by atoms with Gasteiger partial charge in [-0.25, -0.2) is 0 Å². The standard InChI is InChI=1S/C14H22BrNO2/c1-3-4-7-18-10-12(17)9-16-14-8-11(2)5-6-13(14)15/h5-6,8,12,16-17H,3-4,7,9-10H2,1-2H3. The third-order valence-corrected chi connectivity index (χ3v) is 3.29. The van der Waals surface area contributed by atoms with Crippen LogP contribution in [0.4, 0.5) is 5.69 Å². The molecule has 0 aliphatic carbocycles. The summed E-state index contributed by atoms with van der Waals surface area (Å²) in [6.07, 6.45) is 1.68. The maximum absolute atomic E-state index is 9.77. The van der Waals surface area contributed by atoms with E-state index in [-0.39, 0.29) is 0 Å². The van der Waals surface area contributed by atoms with Gasteiger partial charge in [0, 0.05) is 23.3 Å². The summed E-state index contributed by atoms with van der Waals surface area (Å²) in [5.41, 5.74) is 2.19. The molecule has 3 nitrogen and oxygen atoms in total. The van der Waals surface area contributed by atoms with Crippen molar-refractivity contribution in [2.75, 3.05) is 25.1 Å². The fourth-order valence-electron chi connectivity index (χ4n) is 1.53. The second-order valence-electron chi connectivity index (χ2n) is 4.45. The molecule has 1 rings (SSSR count). The van der Waals surface area contributed by atoms with E-state index < -0.39 is 6.10 Å². The number of unbranched alkanes of at least 4 members (excludes halogenated alkanes) is 1. The number of aliphatic hydroxyl groups is 1. The molecule has 0 aliphatic heterocycles. The zero-order chi connectivity index (χ0) is 13.4. The molecule has 0 aliphatic rings. The minimum absolute atomic E-state index is 0.385. The van der Waals surface area contributed by atoms with E-state index in [4.69, 9.17) is 4.74 Å². The Morgan fingerprint density at radius 3 is 2.94 bits per heavy atom. The molecule has 1 aromatic rings. The summed E-state index contributed by atoms with van der Waals surface area (Å²) >= 11 is 3.48. The van der Waals surface area contributed by atoms with Crippen LogP contribution in [0, 0.1) is 6.92 Å². The van der Waals surface area contributed by atoms with Crippen molar-refractivity contribution < 1.29 is 9.84 Å². The molecule has 0 aromatic heterocycles. The largest absolute Gasteiger partial charge is 0.389 e. The smallest absolute Gasteiger partial charge is 0.0945 e. The highest BCUT2D eigenvalue weighted by atomic mass is 79.9. The topological polar surface area (TPSA) is 41.5 Å². The van der Waals surface area contributed by atoms with E-state index in [9.17, 15) is 5.11 Å². The monoisotopic (exact) mass is 315 g/mol. The molecular weight excluding hydrogens is 294 g/mol. The van der Waals surface area contributed by atoms with E-state index in [0.717, 1.165) is 29.6 Å². The summed E-state index contributed by atoms with van der Waals surface area (Å²) in [4.78, 5) is 0. The van der Waals surface area contributed by atoms with Gasteiger partial charge in [-0.15, -0.1) is 0 Å². The molecule has 0 radical (unpaired) electrons. The van der Waals surface area contributed by atoms with Crippen LogP contribution < -0.4 is 5.32 Å². The first-order valence-electron chi connectivity index (χ1n) is 6.39. The third-order valence-electron chi connectivity index (χ3n) is 2.60. The highest BCUT2D eigenvalue weighted by molar-refractivity contribution is 9.10. The molecule has 0 heterocycles. The van der Waals surface area contributed by atoms with E-state index in [1.165, 1.54) is 5.56 Å². The summed E-state index contributed by atoms with van der Waals surface area (Å²) < 4.78 is 6.38. The molecule has 102 valence electrons. The number of hydrogen-bond acceptors (Lipinski definition) is 3. The summed E-state index contributed by atoms with van der Waals surface area (Å²) in [5.74, 6) is 0. The molecule has 18 heavy (non-hydrogen) atoms. The van der Waals surface area contributed by atoms with Gasteiger partial charge in [-0.1, -0.05) is 19.4 Å². The number of hydrogen-bond donors (Lipinski definition) is 2. The van der Waals surface area contributed by atoms with Crippen molar-refractivity contribution >= 4 is 21.6 Å². The van der Waals surface area contributed by atoms with Crippen molar-refractivity contribution in [3.05, 3.63) is 28.2 Å². The molecule has 1 atom stereocenters. The number of ether oxygens (including phenoxy) is 1. The lowest BCUT2D eigenvalue weighted by atomic mass is 10.2. The second kappa shape index (κ2) is 8.51. The Bertz CT molecular complexity index is 358. The van der Waals surface area contributed by atoms with Crippen LogP contribution in [-0.2, 0) is 4.74 Å². The summed E-state index contributed by atoms with van der Waals surface area (Å²) in [6, 6.07) is 6.09. The Kier molecular flexibility index (Phi) is 7.32. The van der Waals surface area contributed by atoms with Crippen molar-refractivity contribution in [3.8, 4) is 0 Å². The number of anilines is 1. The SMILES string of the molecule is CCCCOCC(O)CNc1cc(C)ccc1Br. The normalized spacial score (nSPS) is 12.4. The Morgan fingerprint density at radius 1 is 1.44 bits per heavy atom. The zero-order valence-corrected chi connectivity index (χ0v) is 12.7. The third kappa shape index (κ3) is 5.85. The van der Waals surface area contributed by atoms with Crippen LogP contribution in [-0.4, -0.2) is 31.0 Å². The highest BCUT2D eigenvalue weighted by Crippen LogP contribution is 2.23. The molecule has 2 N–H and O–H groups in total. The number of aliphatic hydroxyl groups excluding tert-OH is 1. The fraction of sp³-hybridized carbons (Fsp3) is 0.571. The van der Waals surface area contributed by atoms with Gasteiger partial charge in [0.1, 0.15) is 0 Å². The van der Waals surface area contributed by atoms with Crippen molar-refractivity contribution in [2.45, 2.75) is 32.8 Å². The Labute approximate surface area is 118 Å². The van der Waals surface area contributed by atoms with Crippen LogP contribution in [0.5, 0.6) is 0 Å². The first-order chi connectivity index (χ1) is 8.63. The van der Waals surface area contributed by atoms with Crippen LogP contribution in [0.1, 0.15) is 25.3 Å². The van der Waals surface area contributed by atoms with E-state index in [2.05, 4.69) is 34.2 Å². The average molecular weight is 316 g/mol. The van der Waals surface area contributed by atoms with Crippen molar-refractivity contribution in [1.82, 2.24) is 0 Å². The fourth-order valence-corrected chi connectivity index (χ4v) is 1.91. The van der Waals surface area contributed by atoms with Gasteiger partial charge in [0.05, 0.1) is 12.7 Å². The second-order valence-corrected chi connectivity index (χ2v) is 5.30. The summed E-state index contributed by atoms with van der Waals surface area (Å²) in [6.45, 7) is 5.77. The van der Waals surface area contributed by atoms with Crippen molar-refractivity contribution in [3.63, 3.8) is 0 Å². The molecule has 1 aromatic carbocycles. The van der Waals surface area contributed by atoms with Gasteiger partial charge in [-0.3, -0.25) is 0 Å². The van der Waals surface area contributed by atoms with Crippen molar-refractivity contribution in [1.29, 1.82) is 0 Å².